The number of hydrogen-bond acceptors (Lipinski definition) is 5. The monoisotopic (exact) mass is 469 g/mol. The van der Waals surface area contributed by atoms with Gasteiger partial charge in [0.05, 0.1) is 11.5 Å². The van der Waals surface area contributed by atoms with E-state index in [1.807, 2.05) is 11.8 Å². The largest absolute Gasteiger partial charge is 0.493 e. The van der Waals surface area contributed by atoms with E-state index >= 15 is 0 Å². The minimum Gasteiger partial charge on any atom is -0.493 e. The summed E-state index contributed by atoms with van der Waals surface area (Å²) in [5.41, 5.74) is 3.55. The van der Waals surface area contributed by atoms with Gasteiger partial charge in [0.25, 0.3) is 0 Å². The Labute approximate surface area is 196 Å². The van der Waals surface area contributed by atoms with Crippen LogP contribution < -0.4 is 4.74 Å². The zero-order chi connectivity index (χ0) is 23.0. The normalized spacial score (nSPS) is 21.7. The summed E-state index contributed by atoms with van der Waals surface area (Å²) in [6.07, 6.45) is 2.26. The van der Waals surface area contributed by atoms with Crippen molar-refractivity contribution in [3.63, 3.8) is 0 Å². The van der Waals surface area contributed by atoms with E-state index in [0.29, 0.717) is 32.5 Å². The van der Waals surface area contributed by atoms with E-state index in [1.165, 1.54) is 15.4 Å². The summed E-state index contributed by atoms with van der Waals surface area (Å²) in [4.78, 5) is 17.8. The number of aryl methyl sites for hydroxylation is 1. The van der Waals surface area contributed by atoms with Crippen LogP contribution in [0.25, 0.3) is 0 Å². The molecule has 2 aromatic rings. The molecule has 0 aliphatic carbocycles. The zero-order valence-corrected chi connectivity index (χ0v) is 19.9. The Bertz CT molecular complexity index is 1120. The van der Waals surface area contributed by atoms with Crippen LogP contribution >= 0.6 is 0 Å². The molecule has 0 N–H and O–H groups in total. The van der Waals surface area contributed by atoms with Crippen molar-refractivity contribution in [3.8, 4) is 5.75 Å². The Morgan fingerprint density at radius 3 is 2.55 bits per heavy atom. The number of carbonyl (C=O) groups excluding carboxylic acids is 1. The summed E-state index contributed by atoms with van der Waals surface area (Å²) in [6, 6.07) is 12.7. The maximum Gasteiger partial charge on any atom is 0.243 e. The molecule has 8 heteroatoms. The van der Waals surface area contributed by atoms with Gasteiger partial charge in [0.1, 0.15) is 11.8 Å². The lowest BCUT2D eigenvalue weighted by Gasteiger charge is -2.37. The van der Waals surface area contributed by atoms with Crippen LogP contribution in [0.15, 0.2) is 47.4 Å². The van der Waals surface area contributed by atoms with Crippen molar-refractivity contribution in [2.24, 2.45) is 0 Å². The summed E-state index contributed by atoms with van der Waals surface area (Å²) in [7, 11) is -3.68. The lowest BCUT2D eigenvalue weighted by molar-refractivity contribution is -0.136. The van der Waals surface area contributed by atoms with Gasteiger partial charge in [-0.25, -0.2) is 8.42 Å². The lowest BCUT2D eigenvalue weighted by atomic mass is 10.1. The van der Waals surface area contributed by atoms with Gasteiger partial charge in [0.15, 0.2) is 0 Å². The number of rotatable bonds is 5. The molecule has 2 fully saturated rings. The number of hydrogen-bond donors (Lipinski definition) is 0. The van der Waals surface area contributed by atoms with Crippen LogP contribution in [0.1, 0.15) is 29.5 Å². The van der Waals surface area contributed by atoms with E-state index in [-0.39, 0.29) is 10.8 Å². The topological polar surface area (TPSA) is 70.2 Å². The fraction of sp³-hybridized carbons (Fsp3) is 0.480. The average Bonchev–Trinajstić information content (AvgIpc) is 3.49. The smallest absolute Gasteiger partial charge is 0.243 e. The first-order valence-corrected chi connectivity index (χ1v) is 13.2. The van der Waals surface area contributed by atoms with Crippen LogP contribution in [0, 0.1) is 6.92 Å². The van der Waals surface area contributed by atoms with Crippen molar-refractivity contribution in [2.75, 3.05) is 39.3 Å². The van der Waals surface area contributed by atoms with Gasteiger partial charge in [-0.3, -0.25) is 9.69 Å². The summed E-state index contributed by atoms with van der Waals surface area (Å²) < 4.78 is 33.4. The molecule has 176 valence electrons. The second kappa shape index (κ2) is 9.08. The fourth-order valence-electron chi connectivity index (χ4n) is 5.05. The number of fused-ring (bicyclic) bond motifs is 1. The van der Waals surface area contributed by atoms with Gasteiger partial charge in [-0.2, -0.15) is 4.31 Å². The van der Waals surface area contributed by atoms with Crippen LogP contribution in [0.4, 0.5) is 0 Å². The molecule has 3 heterocycles. The second-order valence-electron chi connectivity index (χ2n) is 9.23. The highest BCUT2D eigenvalue weighted by atomic mass is 32.2. The van der Waals surface area contributed by atoms with Gasteiger partial charge in [-0.15, -0.1) is 0 Å². The van der Waals surface area contributed by atoms with E-state index in [1.54, 1.807) is 24.3 Å². The standard InChI is InChI=1S/C25H31N3O4S/c1-19-4-7-22(8-5-19)33(30,31)28-11-2-3-23(28)25(29)27-14-12-26(13-15-27)18-20-6-9-24-21(17-20)10-16-32-24/h4-9,17,23H,2-3,10-16,18H2,1H3/t23-/m0/s1. The van der Waals surface area contributed by atoms with Gasteiger partial charge >= 0.3 is 0 Å². The second-order valence-corrected chi connectivity index (χ2v) is 11.1. The maximum atomic E-state index is 13.3. The molecule has 1 amide bonds. The van der Waals surface area contributed by atoms with Crippen molar-refractivity contribution in [1.29, 1.82) is 0 Å². The third-order valence-electron chi connectivity index (χ3n) is 6.96. The maximum absolute atomic E-state index is 13.3. The van der Waals surface area contributed by atoms with E-state index < -0.39 is 16.1 Å². The lowest BCUT2D eigenvalue weighted by Crippen LogP contribution is -2.54. The van der Waals surface area contributed by atoms with E-state index in [9.17, 15) is 13.2 Å². The quantitative estimate of drug-likeness (QED) is 0.673. The van der Waals surface area contributed by atoms with Crippen molar-refractivity contribution in [2.45, 2.75) is 43.7 Å². The molecule has 33 heavy (non-hydrogen) atoms. The average molecular weight is 470 g/mol. The Balaban J connectivity index is 1.21. The highest BCUT2D eigenvalue weighted by molar-refractivity contribution is 7.89. The van der Waals surface area contributed by atoms with E-state index in [0.717, 1.165) is 44.0 Å². The minimum absolute atomic E-state index is 0.0579. The van der Waals surface area contributed by atoms with Gasteiger partial charge in [0, 0.05) is 45.7 Å². The van der Waals surface area contributed by atoms with E-state index in [2.05, 4.69) is 23.1 Å². The van der Waals surface area contributed by atoms with Crippen LogP contribution in [0.3, 0.4) is 0 Å². The number of nitrogens with zero attached hydrogens (tertiary/aromatic N) is 3. The van der Waals surface area contributed by atoms with Crippen LogP contribution in [0.2, 0.25) is 0 Å². The summed E-state index contributed by atoms with van der Waals surface area (Å²) in [6.45, 7) is 6.77. The SMILES string of the molecule is Cc1ccc(S(=O)(=O)N2CCC[C@H]2C(=O)N2CCN(Cc3ccc4c(c3)CCO4)CC2)cc1. The predicted molar refractivity (Wildman–Crippen MR) is 126 cm³/mol. The van der Waals surface area contributed by atoms with Crippen LogP contribution in [0.5, 0.6) is 5.75 Å². The van der Waals surface area contributed by atoms with Gasteiger partial charge in [0.2, 0.25) is 15.9 Å². The number of amides is 1. The Morgan fingerprint density at radius 2 is 1.79 bits per heavy atom. The molecule has 0 saturated carbocycles. The Kier molecular flexibility index (Phi) is 6.16. The van der Waals surface area contributed by atoms with Crippen molar-refractivity contribution >= 4 is 15.9 Å². The summed E-state index contributed by atoms with van der Waals surface area (Å²) >= 11 is 0. The molecule has 1 atom stereocenters. The molecule has 0 radical (unpaired) electrons. The molecular weight excluding hydrogens is 438 g/mol. The number of piperazine rings is 1. The molecule has 0 bridgehead atoms. The molecule has 0 unspecified atom stereocenters. The number of carbonyl (C=O) groups is 1. The molecule has 0 aromatic heterocycles. The van der Waals surface area contributed by atoms with Crippen molar-refractivity contribution in [1.82, 2.24) is 14.1 Å². The van der Waals surface area contributed by atoms with Crippen LogP contribution in [-0.2, 0) is 27.8 Å². The van der Waals surface area contributed by atoms with Gasteiger partial charge in [-0.1, -0.05) is 29.8 Å². The van der Waals surface area contributed by atoms with Crippen molar-refractivity contribution < 1.29 is 17.9 Å². The molecule has 2 saturated heterocycles. The Hall–Kier alpha value is -2.42. The molecule has 3 aliphatic heterocycles. The third kappa shape index (κ3) is 4.52. The fourth-order valence-corrected chi connectivity index (χ4v) is 6.70. The predicted octanol–water partition coefficient (Wildman–Crippen LogP) is 2.43. The molecule has 3 aliphatic rings. The van der Waals surface area contributed by atoms with Crippen molar-refractivity contribution in [3.05, 3.63) is 59.2 Å². The molecule has 7 nitrogen and oxygen atoms in total. The summed E-state index contributed by atoms with van der Waals surface area (Å²) in [5.74, 6) is 0.938. The summed E-state index contributed by atoms with van der Waals surface area (Å²) in [5, 5.41) is 0. The number of sulfonamides is 1. The van der Waals surface area contributed by atoms with E-state index in [4.69, 9.17) is 4.74 Å². The molecule has 5 rings (SSSR count). The Morgan fingerprint density at radius 1 is 1.03 bits per heavy atom. The molecule has 2 aromatic carbocycles. The highest BCUT2D eigenvalue weighted by Crippen LogP contribution is 2.29. The highest BCUT2D eigenvalue weighted by Gasteiger charge is 2.41. The van der Waals surface area contributed by atoms with Gasteiger partial charge in [-0.05, 0) is 49.1 Å². The number of benzene rings is 2. The minimum atomic E-state index is -3.68. The molecular formula is C25H31N3O4S. The number of ether oxygens (including phenoxy) is 1. The first-order valence-electron chi connectivity index (χ1n) is 11.8. The first kappa shape index (κ1) is 22.4. The zero-order valence-electron chi connectivity index (χ0n) is 19.1. The first-order chi connectivity index (χ1) is 15.9. The van der Waals surface area contributed by atoms with Crippen LogP contribution in [-0.4, -0.2) is 73.8 Å². The van der Waals surface area contributed by atoms with Gasteiger partial charge < -0.3 is 9.64 Å². The third-order valence-corrected chi connectivity index (χ3v) is 8.88. The molecule has 0 spiro atoms.